The van der Waals surface area contributed by atoms with Gasteiger partial charge in [0.1, 0.15) is 0 Å². The van der Waals surface area contributed by atoms with Crippen LogP contribution in [-0.4, -0.2) is 41.9 Å². The van der Waals surface area contributed by atoms with E-state index in [1.165, 1.54) is 0 Å². The number of guanidine groups is 1. The Morgan fingerprint density at radius 3 is 1.38 bits per heavy atom. The second-order valence-electron chi connectivity index (χ2n) is 2.77. The van der Waals surface area contributed by atoms with Gasteiger partial charge in [-0.2, -0.15) is 0 Å². The predicted molar refractivity (Wildman–Crippen MR) is 57.5 cm³/mol. The summed E-state index contributed by atoms with van der Waals surface area (Å²) in [5, 5.41) is 3.84. The van der Waals surface area contributed by atoms with E-state index in [0.29, 0.717) is 0 Å². The lowest BCUT2D eigenvalue weighted by Crippen LogP contribution is -2.44. The van der Waals surface area contributed by atoms with Crippen LogP contribution in [0.5, 0.6) is 0 Å². The van der Waals surface area contributed by atoms with Gasteiger partial charge in [0.05, 0.1) is 0 Å². The average molecular weight is 186 g/mol. The molecule has 0 aliphatic carbocycles. The van der Waals surface area contributed by atoms with Gasteiger partial charge in [-0.05, 0) is 27.7 Å². The maximum absolute atomic E-state index is 5.38. The topological polar surface area (TPSA) is 44.9 Å². The first kappa shape index (κ1) is 12.1. The smallest absolute Gasteiger partial charge is 0.218 e. The summed E-state index contributed by atoms with van der Waals surface area (Å²) >= 11 is 0. The molecule has 0 atom stereocenters. The van der Waals surface area contributed by atoms with Crippen molar-refractivity contribution in [1.82, 2.24) is 9.80 Å². The summed E-state index contributed by atoms with van der Waals surface area (Å²) in [6.07, 6.45) is 0. The van der Waals surface area contributed by atoms with E-state index in [2.05, 4.69) is 42.6 Å². The van der Waals surface area contributed by atoms with Crippen LogP contribution in [0.1, 0.15) is 27.7 Å². The summed E-state index contributed by atoms with van der Waals surface area (Å²) in [7, 11) is 0. The lowest BCUT2D eigenvalue weighted by molar-refractivity contribution is 0.349. The number of hydrazone groups is 1. The molecule has 0 rings (SSSR count). The van der Waals surface area contributed by atoms with Crippen LogP contribution in [0.15, 0.2) is 5.10 Å². The minimum absolute atomic E-state index is 0.898. The third-order valence-electron chi connectivity index (χ3n) is 2.21. The van der Waals surface area contributed by atoms with Crippen molar-refractivity contribution in [1.29, 1.82) is 0 Å². The minimum atomic E-state index is 0.898. The highest BCUT2D eigenvalue weighted by Crippen LogP contribution is 1.97. The molecule has 0 aromatic heterocycles. The highest BCUT2D eigenvalue weighted by atomic mass is 15.4. The molecule has 0 unspecified atom stereocenters. The molecule has 4 nitrogen and oxygen atoms in total. The Labute approximate surface area is 81.4 Å². The molecule has 0 saturated heterocycles. The first-order valence-electron chi connectivity index (χ1n) is 5.02. The largest absolute Gasteiger partial charge is 0.342 e. The standard InChI is InChI=1S/C9H22N4/c1-5-12(6-2)9(11-10)13(7-3)8-4/h5-8,10H2,1-4H3. The fourth-order valence-corrected chi connectivity index (χ4v) is 1.38. The maximum Gasteiger partial charge on any atom is 0.218 e. The van der Waals surface area contributed by atoms with Crippen molar-refractivity contribution in [3.05, 3.63) is 0 Å². The molecule has 0 aromatic rings. The molecule has 0 aliphatic heterocycles. The van der Waals surface area contributed by atoms with Gasteiger partial charge in [-0.1, -0.05) is 0 Å². The molecule has 0 radical (unpaired) electrons. The Morgan fingerprint density at radius 2 is 1.23 bits per heavy atom. The van der Waals surface area contributed by atoms with Crippen LogP contribution in [0, 0.1) is 0 Å². The molecular formula is C9H22N4. The van der Waals surface area contributed by atoms with Gasteiger partial charge in [0.25, 0.3) is 0 Å². The van der Waals surface area contributed by atoms with Gasteiger partial charge in [0.2, 0.25) is 5.96 Å². The molecule has 0 aromatic carbocycles. The van der Waals surface area contributed by atoms with Gasteiger partial charge in [-0.15, -0.1) is 5.10 Å². The molecule has 13 heavy (non-hydrogen) atoms. The minimum Gasteiger partial charge on any atom is -0.342 e. The summed E-state index contributed by atoms with van der Waals surface area (Å²) in [5.41, 5.74) is 0. The van der Waals surface area contributed by atoms with E-state index < -0.39 is 0 Å². The van der Waals surface area contributed by atoms with E-state index in [1.807, 2.05) is 0 Å². The lowest BCUT2D eigenvalue weighted by Gasteiger charge is -2.30. The molecule has 0 spiro atoms. The second-order valence-corrected chi connectivity index (χ2v) is 2.77. The number of hydrogen-bond acceptors (Lipinski definition) is 2. The average Bonchev–Trinajstić information content (AvgIpc) is 2.18. The first-order valence-corrected chi connectivity index (χ1v) is 5.02. The quantitative estimate of drug-likeness (QED) is 0.307. The van der Waals surface area contributed by atoms with E-state index in [1.54, 1.807) is 0 Å². The predicted octanol–water partition coefficient (Wildman–Crippen LogP) is 0.900. The fourth-order valence-electron chi connectivity index (χ4n) is 1.38. The lowest BCUT2D eigenvalue weighted by atomic mass is 10.4. The van der Waals surface area contributed by atoms with Crippen LogP contribution in [0.3, 0.4) is 0 Å². The monoisotopic (exact) mass is 186 g/mol. The van der Waals surface area contributed by atoms with E-state index in [4.69, 9.17) is 5.84 Å². The third-order valence-corrected chi connectivity index (χ3v) is 2.21. The normalized spacial score (nSPS) is 9.54. The molecular weight excluding hydrogens is 164 g/mol. The molecule has 2 N–H and O–H groups in total. The van der Waals surface area contributed by atoms with Crippen LogP contribution >= 0.6 is 0 Å². The summed E-state index contributed by atoms with van der Waals surface area (Å²) in [6, 6.07) is 0. The molecule has 0 heterocycles. The van der Waals surface area contributed by atoms with Crippen molar-refractivity contribution < 1.29 is 0 Å². The van der Waals surface area contributed by atoms with Crippen molar-refractivity contribution in [3.63, 3.8) is 0 Å². The third kappa shape index (κ3) is 3.13. The van der Waals surface area contributed by atoms with Crippen molar-refractivity contribution in [2.75, 3.05) is 26.2 Å². The van der Waals surface area contributed by atoms with Gasteiger partial charge < -0.3 is 15.6 Å². The SMILES string of the molecule is CCN(CC)C(=NN)N(CC)CC. The Morgan fingerprint density at radius 1 is 0.923 bits per heavy atom. The van der Waals surface area contributed by atoms with Crippen molar-refractivity contribution >= 4 is 5.96 Å². The molecule has 0 amide bonds. The van der Waals surface area contributed by atoms with E-state index in [-0.39, 0.29) is 0 Å². The maximum atomic E-state index is 5.38. The summed E-state index contributed by atoms with van der Waals surface area (Å²) in [4.78, 5) is 4.32. The zero-order valence-corrected chi connectivity index (χ0v) is 9.25. The van der Waals surface area contributed by atoms with Gasteiger partial charge in [-0.3, -0.25) is 0 Å². The number of hydrogen-bond donors (Lipinski definition) is 1. The van der Waals surface area contributed by atoms with Gasteiger partial charge >= 0.3 is 0 Å². The summed E-state index contributed by atoms with van der Waals surface area (Å²) < 4.78 is 0. The highest BCUT2D eigenvalue weighted by molar-refractivity contribution is 5.79. The molecule has 0 fully saturated rings. The van der Waals surface area contributed by atoms with E-state index in [0.717, 1.165) is 32.1 Å². The van der Waals surface area contributed by atoms with Crippen molar-refractivity contribution in [2.45, 2.75) is 27.7 Å². The van der Waals surface area contributed by atoms with Gasteiger partial charge in [0.15, 0.2) is 0 Å². The van der Waals surface area contributed by atoms with Gasteiger partial charge in [-0.25, -0.2) is 0 Å². The van der Waals surface area contributed by atoms with Crippen LogP contribution < -0.4 is 5.84 Å². The first-order chi connectivity index (χ1) is 6.24. The molecule has 4 heteroatoms. The van der Waals surface area contributed by atoms with E-state index >= 15 is 0 Å². The molecule has 0 saturated carbocycles. The Balaban J connectivity index is 4.47. The highest BCUT2D eigenvalue weighted by Gasteiger charge is 2.12. The van der Waals surface area contributed by atoms with Crippen LogP contribution in [0.4, 0.5) is 0 Å². The number of nitrogens with zero attached hydrogens (tertiary/aromatic N) is 3. The second kappa shape index (κ2) is 6.57. The zero-order valence-electron chi connectivity index (χ0n) is 9.25. The van der Waals surface area contributed by atoms with E-state index in [9.17, 15) is 0 Å². The number of nitrogens with two attached hydrogens (primary N) is 1. The Bertz CT molecular complexity index is 134. The van der Waals surface area contributed by atoms with Crippen LogP contribution in [0.2, 0.25) is 0 Å². The number of rotatable bonds is 4. The van der Waals surface area contributed by atoms with Gasteiger partial charge in [0, 0.05) is 26.2 Å². The molecule has 0 bridgehead atoms. The van der Waals surface area contributed by atoms with Crippen molar-refractivity contribution in [2.24, 2.45) is 10.9 Å². The molecule has 0 aliphatic rings. The Hall–Kier alpha value is -0.930. The fraction of sp³-hybridized carbons (Fsp3) is 0.889. The molecule has 78 valence electrons. The Kier molecular flexibility index (Phi) is 6.10. The van der Waals surface area contributed by atoms with Crippen molar-refractivity contribution in [3.8, 4) is 0 Å². The van der Waals surface area contributed by atoms with Crippen LogP contribution in [0.25, 0.3) is 0 Å². The summed E-state index contributed by atoms with van der Waals surface area (Å²) in [6.45, 7) is 12.2. The summed E-state index contributed by atoms with van der Waals surface area (Å²) in [5.74, 6) is 6.28. The zero-order chi connectivity index (χ0) is 10.3. The van der Waals surface area contributed by atoms with Crippen LogP contribution in [-0.2, 0) is 0 Å².